The quantitative estimate of drug-likeness (QED) is 0.597. The number of nitriles is 1. The van der Waals surface area contributed by atoms with Crippen LogP contribution in [-0.4, -0.2) is 18.0 Å². The molecule has 0 saturated heterocycles. The summed E-state index contributed by atoms with van der Waals surface area (Å²) in [4.78, 5) is 2.44. The lowest BCUT2D eigenvalue weighted by atomic mass is 10.0. The van der Waals surface area contributed by atoms with E-state index >= 15 is 0 Å². The predicted molar refractivity (Wildman–Crippen MR) is 112 cm³/mol. The van der Waals surface area contributed by atoms with Gasteiger partial charge >= 0.3 is 0 Å². The zero-order chi connectivity index (χ0) is 17.8. The molecule has 4 heteroatoms. The highest BCUT2D eigenvalue weighted by Gasteiger charge is 2.13. The van der Waals surface area contributed by atoms with Gasteiger partial charge in [0, 0.05) is 30.6 Å². The molecule has 0 N–H and O–H groups in total. The van der Waals surface area contributed by atoms with Crippen LogP contribution in [0.1, 0.15) is 23.1 Å². The molecule has 0 atom stereocenters. The van der Waals surface area contributed by atoms with E-state index in [2.05, 4.69) is 41.3 Å². The molecule has 0 bridgehead atoms. The number of rotatable bonds is 4. The SMILES string of the molecule is Cl.N#Cc1cccc(/C=C/C2=CCN(Cc3coc4ccccc34)CC2)c1. The second-order valence-corrected chi connectivity index (χ2v) is 6.59. The van der Waals surface area contributed by atoms with E-state index in [0.29, 0.717) is 5.56 Å². The van der Waals surface area contributed by atoms with Crippen molar-refractivity contribution >= 4 is 29.5 Å². The van der Waals surface area contributed by atoms with Crippen LogP contribution in [0.15, 0.2) is 76.9 Å². The van der Waals surface area contributed by atoms with Crippen LogP contribution in [-0.2, 0) is 6.54 Å². The van der Waals surface area contributed by atoms with E-state index in [1.165, 1.54) is 16.5 Å². The Balaban J connectivity index is 0.00000210. The van der Waals surface area contributed by atoms with Crippen molar-refractivity contribution in [3.63, 3.8) is 0 Å². The lowest BCUT2D eigenvalue weighted by Gasteiger charge is -2.25. The van der Waals surface area contributed by atoms with Crippen molar-refractivity contribution in [1.82, 2.24) is 4.90 Å². The molecule has 1 aliphatic heterocycles. The summed E-state index contributed by atoms with van der Waals surface area (Å²) in [5, 5.41) is 10.2. The van der Waals surface area contributed by atoms with Gasteiger partial charge in [0.25, 0.3) is 0 Å². The second-order valence-electron chi connectivity index (χ2n) is 6.59. The highest BCUT2D eigenvalue weighted by atomic mass is 35.5. The number of furan rings is 1. The van der Waals surface area contributed by atoms with Gasteiger partial charge in [-0.3, -0.25) is 4.90 Å². The Morgan fingerprint density at radius 3 is 2.81 bits per heavy atom. The maximum Gasteiger partial charge on any atom is 0.134 e. The van der Waals surface area contributed by atoms with Gasteiger partial charge in [-0.15, -0.1) is 12.4 Å². The summed E-state index contributed by atoms with van der Waals surface area (Å²) in [6.07, 6.45) is 9.46. The summed E-state index contributed by atoms with van der Waals surface area (Å²) < 4.78 is 5.64. The predicted octanol–water partition coefficient (Wildman–Crippen LogP) is 5.57. The van der Waals surface area contributed by atoms with Crippen LogP contribution in [0.3, 0.4) is 0 Å². The van der Waals surface area contributed by atoms with Crippen molar-refractivity contribution < 1.29 is 4.42 Å². The maximum absolute atomic E-state index is 8.98. The fraction of sp³-hybridized carbons (Fsp3) is 0.174. The molecule has 0 radical (unpaired) electrons. The van der Waals surface area contributed by atoms with Crippen LogP contribution in [0.25, 0.3) is 17.0 Å². The Bertz CT molecular complexity index is 1030. The topological polar surface area (TPSA) is 40.2 Å². The van der Waals surface area contributed by atoms with Crippen LogP contribution >= 0.6 is 12.4 Å². The highest BCUT2D eigenvalue weighted by molar-refractivity contribution is 5.85. The standard InChI is InChI=1S/C23H20N2O.ClH/c24-15-20-5-3-4-19(14-20)9-8-18-10-12-25(13-11-18)16-21-17-26-23-7-2-1-6-22(21)23;/h1-10,14,17H,11-13,16H2;1H/b9-8+;. The van der Waals surface area contributed by atoms with Crippen LogP contribution < -0.4 is 0 Å². The molecule has 3 nitrogen and oxygen atoms in total. The molecule has 2 aromatic carbocycles. The molecule has 0 fully saturated rings. The molecule has 0 saturated carbocycles. The second kappa shape index (κ2) is 8.73. The fourth-order valence-corrected chi connectivity index (χ4v) is 3.33. The molecule has 0 aliphatic carbocycles. The first kappa shape index (κ1) is 19.0. The lowest BCUT2D eigenvalue weighted by molar-refractivity contribution is 0.287. The molecule has 0 unspecified atom stereocenters. The number of para-hydroxylation sites is 1. The van der Waals surface area contributed by atoms with Gasteiger partial charge in [-0.2, -0.15) is 5.26 Å². The first-order chi connectivity index (χ1) is 12.8. The van der Waals surface area contributed by atoms with Gasteiger partial charge in [0.15, 0.2) is 0 Å². The van der Waals surface area contributed by atoms with E-state index in [-0.39, 0.29) is 12.4 Å². The maximum atomic E-state index is 8.98. The minimum absolute atomic E-state index is 0. The van der Waals surface area contributed by atoms with E-state index in [0.717, 1.165) is 37.2 Å². The monoisotopic (exact) mass is 376 g/mol. The van der Waals surface area contributed by atoms with Gasteiger partial charge in [-0.25, -0.2) is 0 Å². The molecule has 1 aromatic heterocycles. The third kappa shape index (κ3) is 4.49. The third-order valence-electron chi connectivity index (χ3n) is 4.79. The van der Waals surface area contributed by atoms with Crippen LogP contribution in [0.5, 0.6) is 0 Å². The molecule has 2 heterocycles. The zero-order valence-electron chi connectivity index (χ0n) is 15.0. The number of benzene rings is 2. The number of hydrogen-bond acceptors (Lipinski definition) is 3. The Morgan fingerprint density at radius 1 is 1.11 bits per heavy atom. The smallest absolute Gasteiger partial charge is 0.134 e. The molecule has 4 rings (SSSR count). The molecular weight excluding hydrogens is 356 g/mol. The van der Waals surface area contributed by atoms with Crippen molar-refractivity contribution in [3.05, 3.63) is 89.2 Å². The fourth-order valence-electron chi connectivity index (χ4n) is 3.33. The van der Waals surface area contributed by atoms with Gasteiger partial charge in [-0.1, -0.05) is 48.6 Å². The van der Waals surface area contributed by atoms with E-state index in [4.69, 9.17) is 9.68 Å². The number of allylic oxidation sites excluding steroid dienone is 1. The van der Waals surface area contributed by atoms with Gasteiger partial charge in [0.05, 0.1) is 17.9 Å². The summed E-state index contributed by atoms with van der Waals surface area (Å²) in [5.74, 6) is 0. The summed E-state index contributed by atoms with van der Waals surface area (Å²) in [7, 11) is 0. The molecule has 0 amide bonds. The van der Waals surface area contributed by atoms with E-state index in [9.17, 15) is 0 Å². The van der Waals surface area contributed by atoms with Crippen LogP contribution in [0.4, 0.5) is 0 Å². The number of fused-ring (bicyclic) bond motifs is 1. The van der Waals surface area contributed by atoms with E-state index in [1.807, 2.05) is 42.7 Å². The number of halogens is 1. The van der Waals surface area contributed by atoms with Gasteiger partial charge < -0.3 is 4.42 Å². The first-order valence-corrected chi connectivity index (χ1v) is 8.86. The molecule has 0 spiro atoms. The molecule has 27 heavy (non-hydrogen) atoms. The van der Waals surface area contributed by atoms with Gasteiger partial charge in [0.2, 0.25) is 0 Å². The average molecular weight is 377 g/mol. The van der Waals surface area contributed by atoms with Crippen molar-refractivity contribution in [2.45, 2.75) is 13.0 Å². The Kier molecular flexibility index (Phi) is 6.13. The van der Waals surface area contributed by atoms with Gasteiger partial charge in [-0.05, 0) is 35.8 Å². The van der Waals surface area contributed by atoms with E-state index in [1.54, 1.807) is 0 Å². The third-order valence-corrected chi connectivity index (χ3v) is 4.79. The summed E-state index contributed by atoms with van der Waals surface area (Å²) >= 11 is 0. The Morgan fingerprint density at radius 2 is 2.00 bits per heavy atom. The average Bonchev–Trinajstić information content (AvgIpc) is 3.11. The molecule has 3 aromatic rings. The molecular formula is C23H21ClN2O. The first-order valence-electron chi connectivity index (χ1n) is 8.86. The minimum Gasteiger partial charge on any atom is -0.464 e. The normalized spacial score (nSPS) is 14.7. The van der Waals surface area contributed by atoms with Crippen LogP contribution in [0, 0.1) is 11.3 Å². The largest absolute Gasteiger partial charge is 0.464 e. The van der Waals surface area contributed by atoms with Crippen molar-refractivity contribution in [2.24, 2.45) is 0 Å². The molecule has 136 valence electrons. The van der Waals surface area contributed by atoms with Gasteiger partial charge in [0.1, 0.15) is 5.58 Å². The Hall–Kier alpha value is -2.80. The van der Waals surface area contributed by atoms with Crippen molar-refractivity contribution in [2.75, 3.05) is 13.1 Å². The minimum atomic E-state index is 0. The summed E-state index contributed by atoms with van der Waals surface area (Å²) in [6.45, 7) is 2.89. The van der Waals surface area contributed by atoms with Crippen molar-refractivity contribution in [3.8, 4) is 6.07 Å². The Labute approximate surface area is 165 Å². The lowest BCUT2D eigenvalue weighted by Crippen LogP contribution is -2.27. The summed E-state index contributed by atoms with van der Waals surface area (Å²) in [6, 6.07) is 18.1. The summed E-state index contributed by atoms with van der Waals surface area (Å²) in [5.41, 5.74) is 5.32. The van der Waals surface area contributed by atoms with Crippen molar-refractivity contribution in [1.29, 1.82) is 5.26 Å². The van der Waals surface area contributed by atoms with E-state index < -0.39 is 0 Å². The number of nitrogens with zero attached hydrogens (tertiary/aromatic N) is 2. The zero-order valence-corrected chi connectivity index (χ0v) is 15.8. The number of hydrogen-bond donors (Lipinski definition) is 0. The molecule has 1 aliphatic rings. The highest BCUT2D eigenvalue weighted by Crippen LogP contribution is 2.23. The van der Waals surface area contributed by atoms with Crippen LogP contribution in [0.2, 0.25) is 0 Å².